The van der Waals surface area contributed by atoms with Crippen LogP contribution in [0, 0.1) is 0 Å². The van der Waals surface area contributed by atoms with Crippen LogP contribution in [0.25, 0.3) is 0 Å². The number of esters is 1. The highest BCUT2D eigenvalue weighted by Crippen LogP contribution is 2.43. The number of unbranched alkanes of at least 4 members (excludes halogenated alkanes) is 37. The van der Waals surface area contributed by atoms with Gasteiger partial charge in [-0.05, 0) is 12.8 Å². The Morgan fingerprint density at radius 3 is 1.08 bits per heavy atom. The van der Waals surface area contributed by atoms with Crippen LogP contribution in [0.1, 0.15) is 271 Å². The Balaban J connectivity index is 4.01. The van der Waals surface area contributed by atoms with Gasteiger partial charge in [0.1, 0.15) is 12.2 Å². The van der Waals surface area contributed by atoms with Gasteiger partial charge in [-0.3, -0.25) is 13.8 Å². The highest BCUT2D eigenvalue weighted by atomic mass is 31.2. The molecule has 9 nitrogen and oxygen atoms in total. The van der Waals surface area contributed by atoms with E-state index in [1.807, 2.05) is 0 Å². The maximum Gasteiger partial charge on any atom is 0.472 e. The molecule has 0 aromatic rings. The number of hydrogen-bond donors (Lipinski definition) is 3. The van der Waals surface area contributed by atoms with E-state index in [2.05, 4.69) is 13.8 Å². The largest absolute Gasteiger partial charge is 0.472 e. The van der Waals surface area contributed by atoms with Crippen molar-refractivity contribution in [2.45, 2.75) is 283 Å². The summed E-state index contributed by atoms with van der Waals surface area (Å²) in [7, 11) is -4.51. The summed E-state index contributed by atoms with van der Waals surface area (Å²) in [5.41, 5.74) is 0. The Morgan fingerprint density at radius 2 is 0.750 bits per heavy atom. The normalized spacial score (nSPS) is 13.8. The smallest absolute Gasteiger partial charge is 0.457 e. The molecule has 0 fully saturated rings. The lowest BCUT2D eigenvalue weighted by atomic mass is 10.0. The molecule has 0 heterocycles. The van der Waals surface area contributed by atoms with E-state index in [1.54, 1.807) is 0 Å². The lowest BCUT2D eigenvalue weighted by molar-refractivity contribution is -0.154. The fraction of sp³-hybridized carbons (Fsp3) is 0.980. The zero-order chi connectivity index (χ0) is 43.9. The van der Waals surface area contributed by atoms with Gasteiger partial charge >= 0.3 is 13.8 Å². The average molecular weight is 877 g/mol. The first-order chi connectivity index (χ1) is 29.3. The molecule has 0 bridgehead atoms. The van der Waals surface area contributed by atoms with Crippen LogP contribution < -0.4 is 0 Å². The van der Waals surface area contributed by atoms with Gasteiger partial charge in [0.15, 0.2) is 0 Å². The second kappa shape index (κ2) is 47.9. The SMILES string of the molecule is CCCCCCCCCCCCCCCCCCCCCCOC[C@H](COP(=O)(O)OC[C@@H](O)CO)OC(=O)CCCCCCCCCCCCCCCCCCCCC. The highest BCUT2D eigenvalue weighted by molar-refractivity contribution is 7.47. The molecule has 0 amide bonds. The molecule has 0 radical (unpaired) electrons. The van der Waals surface area contributed by atoms with Gasteiger partial charge in [-0.25, -0.2) is 4.57 Å². The first kappa shape index (κ1) is 59.5. The quantitative estimate of drug-likeness (QED) is 0.0310. The maximum absolute atomic E-state index is 12.7. The minimum absolute atomic E-state index is 0.0589. The highest BCUT2D eigenvalue weighted by Gasteiger charge is 2.26. The summed E-state index contributed by atoms with van der Waals surface area (Å²) in [6.45, 7) is 3.61. The van der Waals surface area contributed by atoms with Crippen molar-refractivity contribution in [3.05, 3.63) is 0 Å². The van der Waals surface area contributed by atoms with Crippen molar-refractivity contribution >= 4 is 13.8 Å². The molecule has 0 aliphatic rings. The molecule has 0 saturated heterocycles. The van der Waals surface area contributed by atoms with Crippen LogP contribution in [0.3, 0.4) is 0 Å². The van der Waals surface area contributed by atoms with Gasteiger partial charge in [0.05, 0.1) is 26.4 Å². The molecule has 0 aromatic carbocycles. The molecule has 3 N–H and O–H groups in total. The van der Waals surface area contributed by atoms with Crippen molar-refractivity contribution in [1.29, 1.82) is 0 Å². The average Bonchev–Trinajstić information content (AvgIpc) is 3.24. The number of rotatable bonds is 51. The number of phosphoric ester groups is 1. The van der Waals surface area contributed by atoms with Crippen LogP contribution in [0.4, 0.5) is 0 Å². The van der Waals surface area contributed by atoms with Crippen LogP contribution in [-0.4, -0.2) is 66.3 Å². The zero-order valence-corrected chi connectivity index (χ0v) is 40.6. The van der Waals surface area contributed by atoms with E-state index in [0.29, 0.717) is 6.61 Å². The number of carbonyl (C=O) groups is 1. The Morgan fingerprint density at radius 1 is 0.450 bits per heavy atom. The predicted octanol–water partition coefficient (Wildman–Crippen LogP) is 15.0. The molecule has 1 unspecified atom stereocenters. The second-order valence-corrected chi connectivity index (χ2v) is 19.4. The molecule has 0 aliphatic carbocycles. The van der Waals surface area contributed by atoms with Gasteiger partial charge in [0, 0.05) is 13.0 Å². The molecular formula is C50H101O9P. The minimum Gasteiger partial charge on any atom is -0.457 e. The molecular weight excluding hydrogens is 776 g/mol. The van der Waals surface area contributed by atoms with E-state index < -0.39 is 33.2 Å². The Kier molecular flexibility index (Phi) is 47.5. The Labute approximate surface area is 371 Å². The van der Waals surface area contributed by atoms with Crippen molar-refractivity contribution < 1.29 is 43.0 Å². The van der Waals surface area contributed by atoms with Gasteiger partial charge in [-0.15, -0.1) is 0 Å². The number of aliphatic hydroxyl groups is 2. The molecule has 3 atom stereocenters. The van der Waals surface area contributed by atoms with Gasteiger partial charge in [0.25, 0.3) is 0 Å². The minimum atomic E-state index is -4.51. The van der Waals surface area contributed by atoms with Crippen molar-refractivity contribution in [2.75, 3.05) is 33.0 Å². The molecule has 10 heteroatoms. The summed E-state index contributed by atoms with van der Waals surface area (Å²) in [5.74, 6) is -0.373. The standard InChI is InChI=1S/C50H101O9P/c1-3-5-7-9-11-13-15-17-19-21-23-25-27-29-31-33-35-37-39-41-43-56-46-49(47-58-60(54,55)57-45-48(52)44-51)59-50(53)42-40-38-36-34-32-30-28-26-24-22-20-18-16-14-12-10-8-6-4-2/h48-49,51-52H,3-47H2,1-2H3,(H,54,55)/t48-,49+/m0/s1. The van der Waals surface area contributed by atoms with Crippen molar-refractivity contribution in [3.63, 3.8) is 0 Å². The summed E-state index contributed by atoms with van der Waals surface area (Å²) in [6.07, 6.45) is 49.3. The molecule has 360 valence electrons. The number of hydrogen-bond acceptors (Lipinski definition) is 8. The molecule has 0 aliphatic heterocycles. The maximum atomic E-state index is 12.7. The predicted molar refractivity (Wildman–Crippen MR) is 252 cm³/mol. The molecule has 0 saturated carbocycles. The fourth-order valence-electron chi connectivity index (χ4n) is 7.83. The topological polar surface area (TPSA) is 132 Å². The summed E-state index contributed by atoms with van der Waals surface area (Å²) in [4.78, 5) is 22.7. The molecule has 0 spiro atoms. The van der Waals surface area contributed by atoms with Crippen LogP contribution >= 0.6 is 7.82 Å². The van der Waals surface area contributed by atoms with Gasteiger partial charge < -0.3 is 24.6 Å². The Hall–Kier alpha value is -0.540. The summed E-state index contributed by atoms with van der Waals surface area (Å²) in [6, 6.07) is 0. The first-order valence-electron chi connectivity index (χ1n) is 26.0. The third kappa shape index (κ3) is 47.0. The van der Waals surface area contributed by atoms with Crippen LogP contribution in [0.5, 0.6) is 0 Å². The van der Waals surface area contributed by atoms with E-state index >= 15 is 0 Å². The molecule has 0 rings (SSSR count). The summed E-state index contributed by atoms with van der Waals surface area (Å²) >= 11 is 0. The van der Waals surface area contributed by atoms with E-state index in [0.717, 1.165) is 32.1 Å². The van der Waals surface area contributed by atoms with E-state index in [1.165, 1.54) is 218 Å². The number of ether oxygens (including phenoxy) is 2. The first-order valence-corrected chi connectivity index (χ1v) is 27.5. The number of phosphoric acid groups is 1. The van der Waals surface area contributed by atoms with E-state index in [-0.39, 0.29) is 25.6 Å². The van der Waals surface area contributed by atoms with Gasteiger partial charge in [-0.1, -0.05) is 251 Å². The third-order valence-electron chi connectivity index (χ3n) is 11.8. The monoisotopic (exact) mass is 877 g/mol. The number of aliphatic hydroxyl groups excluding tert-OH is 2. The van der Waals surface area contributed by atoms with Crippen molar-refractivity contribution in [1.82, 2.24) is 0 Å². The fourth-order valence-corrected chi connectivity index (χ4v) is 8.62. The lowest BCUT2D eigenvalue weighted by Gasteiger charge is -2.20. The lowest BCUT2D eigenvalue weighted by Crippen LogP contribution is -2.29. The van der Waals surface area contributed by atoms with E-state index in [4.69, 9.17) is 23.6 Å². The van der Waals surface area contributed by atoms with Crippen LogP contribution in [-0.2, 0) is 27.9 Å². The van der Waals surface area contributed by atoms with Gasteiger partial charge in [-0.2, -0.15) is 0 Å². The summed E-state index contributed by atoms with van der Waals surface area (Å²) in [5, 5.41) is 18.4. The van der Waals surface area contributed by atoms with Crippen molar-refractivity contribution in [2.24, 2.45) is 0 Å². The zero-order valence-electron chi connectivity index (χ0n) is 39.7. The summed E-state index contributed by atoms with van der Waals surface area (Å²) < 4.78 is 33.6. The Bertz CT molecular complexity index is 907. The van der Waals surface area contributed by atoms with Gasteiger partial charge in [0.2, 0.25) is 0 Å². The van der Waals surface area contributed by atoms with E-state index in [9.17, 15) is 19.4 Å². The number of carbonyl (C=O) groups excluding carboxylic acids is 1. The molecule has 60 heavy (non-hydrogen) atoms. The molecule has 0 aromatic heterocycles. The van der Waals surface area contributed by atoms with Crippen LogP contribution in [0.15, 0.2) is 0 Å². The third-order valence-corrected chi connectivity index (χ3v) is 12.7. The van der Waals surface area contributed by atoms with Crippen molar-refractivity contribution in [3.8, 4) is 0 Å². The van der Waals surface area contributed by atoms with Crippen LogP contribution in [0.2, 0.25) is 0 Å². The second-order valence-electron chi connectivity index (χ2n) is 17.9.